The van der Waals surface area contributed by atoms with Gasteiger partial charge in [-0.05, 0) is 86.3 Å². The van der Waals surface area contributed by atoms with Gasteiger partial charge in [-0.15, -0.1) is 0 Å². The van der Waals surface area contributed by atoms with Crippen LogP contribution < -0.4 is 0 Å². The molecule has 4 rings (SSSR count). The van der Waals surface area contributed by atoms with Gasteiger partial charge in [-0.1, -0.05) is 25.3 Å². The van der Waals surface area contributed by atoms with Crippen LogP contribution in [0.25, 0.3) is 0 Å². The predicted octanol–water partition coefficient (Wildman–Crippen LogP) is 9.99. The molecular weight excluding hydrogens is 732 g/mol. The van der Waals surface area contributed by atoms with E-state index in [1.54, 1.807) is 0 Å². The maximum absolute atomic E-state index is 14.1. The Kier molecular flexibility index (Phi) is 13.2. The summed E-state index contributed by atoms with van der Waals surface area (Å²) in [5.41, 5.74) is -10.8. The number of nitrogens with zero attached hydrogens (tertiary/aromatic N) is 2. The molecule has 2 aromatic rings. The number of halogens is 12. The van der Waals surface area contributed by atoms with E-state index in [-0.39, 0.29) is 43.5 Å². The third-order valence-electron chi connectivity index (χ3n) is 10.3. The predicted molar refractivity (Wildman–Crippen MR) is 173 cm³/mol. The van der Waals surface area contributed by atoms with E-state index in [1.807, 2.05) is 4.90 Å². The zero-order valence-corrected chi connectivity index (χ0v) is 28.6. The summed E-state index contributed by atoms with van der Waals surface area (Å²) >= 11 is 0. The van der Waals surface area contributed by atoms with Crippen LogP contribution in [0.2, 0.25) is 0 Å². The first-order valence-electron chi connectivity index (χ1n) is 17.2. The lowest BCUT2D eigenvalue weighted by Gasteiger charge is -2.42. The molecule has 0 bridgehead atoms. The van der Waals surface area contributed by atoms with Gasteiger partial charge in [0.05, 0.1) is 28.0 Å². The van der Waals surface area contributed by atoms with E-state index in [4.69, 9.17) is 10.8 Å². The lowest BCUT2D eigenvalue weighted by Crippen LogP contribution is -2.51. The zero-order chi connectivity index (χ0) is 39.4. The van der Waals surface area contributed by atoms with Crippen molar-refractivity contribution in [1.82, 2.24) is 9.80 Å². The molecule has 0 unspecified atom stereocenters. The second-order valence-corrected chi connectivity index (χ2v) is 13.9. The van der Waals surface area contributed by atoms with Crippen molar-refractivity contribution in [1.29, 1.82) is 10.8 Å². The normalized spacial score (nSPS) is 18.5. The monoisotopic (exact) mass is 772 g/mol. The highest BCUT2D eigenvalue weighted by Crippen LogP contribution is 2.45. The minimum Gasteiger partial charge on any atom is -0.313 e. The Morgan fingerprint density at radius 2 is 1.26 bits per heavy atom. The molecule has 0 spiro atoms. The lowest BCUT2D eigenvalue weighted by atomic mass is 9.69. The van der Waals surface area contributed by atoms with Crippen molar-refractivity contribution >= 4 is 17.7 Å². The SMILES string of the molecule is N=CCC[C@](CCN1CCN(C2CCCCC2)CC1)(CC(=N)C(=O)Cc1cc(C(F)(F)F)cc(C(F)(F)F)c1)c1ccc(C(F)(F)F)c(C(F)(F)F)c1. The number of nitrogens with one attached hydrogen (secondary N) is 2. The molecule has 2 aromatic carbocycles. The van der Waals surface area contributed by atoms with Crippen LogP contribution in [0.5, 0.6) is 0 Å². The molecule has 1 heterocycles. The van der Waals surface area contributed by atoms with Gasteiger partial charge in [-0.25, -0.2) is 0 Å². The Hall–Kier alpha value is -3.47. The molecule has 294 valence electrons. The summed E-state index contributed by atoms with van der Waals surface area (Å²) in [5, 5.41) is 16.3. The Morgan fingerprint density at radius 3 is 1.77 bits per heavy atom. The van der Waals surface area contributed by atoms with Crippen molar-refractivity contribution < 1.29 is 57.5 Å². The molecular formula is C36H40F12N4O. The van der Waals surface area contributed by atoms with Crippen molar-refractivity contribution in [2.45, 2.75) is 100 Å². The fourth-order valence-corrected chi connectivity index (χ4v) is 7.42. The van der Waals surface area contributed by atoms with Gasteiger partial charge in [0.15, 0.2) is 5.78 Å². The van der Waals surface area contributed by atoms with Crippen molar-refractivity contribution in [3.63, 3.8) is 0 Å². The van der Waals surface area contributed by atoms with E-state index in [1.165, 1.54) is 6.42 Å². The van der Waals surface area contributed by atoms with Crippen molar-refractivity contribution in [2.24, 2.45) is 0 Å². The van der Waals surface area contributed by atoms with Gasteiger partial charge >= 0.3 is 24.7 Å². The number of piperazine rings is 1. The minimum atomic E-state index is -5.47. The number of Topliss-reactive ketones (excluding diaryl/α,β-unsaturated/α-hetero) is 1. The lowest BCUT2D eigenvalue weighted by molar-refractivity contribution is -0.162. The Labute approximate surface area is 298 Å². The highest BCUT2D eigenvalue weighted by atomic mass is 19.4. The molecule has 1 saturated carbocycles. The van der Waals surface area contributed by atoms with Crippen LogP contribution in [-0.4, -0.2) is 66.3 Å². The number of benzene rings is 2. The molecule has 1 saturated heterocycles. The van der Waals surface area contributed by atoms with Crippen LogP contribution in [0.4, 0.5) is 52.7 Å². The molecule has 1 aliphatic heterocycles. The first-order chi connectivity index (χ1) is 24.5. The first-order valence-corrected chi connectivity index (χ1v) is 17.2. The standard InChI is InChI=1S/C36H40F12N4O/c37-33(38,39)25-17-23(18-26(20-25)34(40,41)42)19-31(53)30(50)22-32(9-4-11-49,24-7-8-28(35(43,44)45)29(21-24)36(46,47)48)10-12-51-13-15-52(16-14-51)27-5-2-1-3-6-27/h7-8,11,17-18,20-21,27,49-50H,1-6,9-10,12-16,19,22H2/t32-/m0/s1. The molecule has 17 heteroatoms. The van der Waals surface area contributed by atoms with E-state index >= 15 is 0 Å². The summed E-state index contributed by atoms with van der Waals surface area (Å²) in [5.74, 6) is -1.22. The topological polar surface area (TPSA) is 71.2 Å². The number of carbonyl (C=O) groups excluding carboxylic acids is 1. The summed E-state index contributed by atoms with van der Waals surface area (Å²) in [4.78, 5) is 17.7. The average molecular weight is 773 g/mol. The zero-order valence-electron chi connectivity index (χ0n) is 28.6. The quantitative estimate of drug-likeness (QED) is 0.157. The second-order valence-electron chi connectivity index (χ2n) is 13.9. The van der Waals surface area contributed by atoms with Crippen LogP contribution in [0.3, 0.4) is 0 Å². The summed E-state index contributed by atoms with van der Waals surface area (Å²) in [6.07, 6.45) is -17.0. The third-order valence-corrected chi connectivity index (χ3v) is 10.3. The van der Waals surface area contributed by atoms with Crippen molar-refractivity contribution in [2.75, 3.05) is 32.7 Å². The van der Waals surface area contributed by atoms with E-state index in [0.29, 0.717) is 50.4 Å². The van der Waals surface area contributed by atoms with E-state index in [2.05, 4.69) is 4.90 Å². The van der Waals surface area contributed by atoms with Gasteiger partial charge in [-0.2, -0.15) is 52.7 Å². The highest BCUT2D eigenvalue weighted by molar-refractivity contribution is 6.39. The highest BCUT2D eigenvalue weighted by Gasteiger charge is 2.45. The van der Waals surface area contributed by atoms with Crippen LogP contribution in [0, 0.1) is 10.8 Å². The van der Waals surface area contributed by atoms with E-state index < -0.39 is 82.3 Å². The van der Waals surface area contributed by atoms with Crippen LogP contribution in [-0.2, 0) is 41.3 Å². The molecule has 0 amide bonds. The molecule has 0 aromatic heterocycles. The van der Waals surface area contributed by atoms with Crippen LogP contribution in [0.15, 0.2) is 36.4 Å². The van der Waals surface area contributed by atoms with E-state index in [0.717, 1.165) is 38.0 Å². The van der Waals surface area contributed by atoms with E-state index in [9.17, 15) is 57.5 Å². The maximum atomic E-state index is 14.1. The van der Waals surface area contributed by atoms with Gasteiger partial charge in [0, 0.05) is 50.5 Å². The molecule has 0 radical (unpaired) electrons. The summed E-state index contributed by atoms with van der Waals surface area (Å²) in [7, 11) is 0. The van der Waals surface area contributed by atoms with Crippen LogP contribution >= 0.6 is 0 Å². The number of rotatable bonds is 13. The smallest absolute Gasteiger partial charge is 0.313 e. The third kappa shape index (κ3) is 11.0. The fourth-order valence-electron chi connectivity index (χ4n) is 7.42. The number of alkyl halides is 12. The average Bonchev–Trinajstić information content (AvgIpc) is 3.08. The van der Waals surface area contributed by atoms with Gasteiger partial charge in [0.1, 0.15) is 0 Å². The van der Waals surface area contributed by atoms with Crippen molar-refractivity contribution in [3.8, 4) is 0 Å². The van der Waals surface area contributed by atoms with Gasteiger partial charge in [0.25, 0.3) is 0 Å². The van der Waals surface area contributed by atoms with Gasteiger partial charge < -0.3 is 15.7 Å². The Balaban J connectivity index is 1.69. The summed E-state index contributed by atoms with van der Waals surface area (Å²) in [6, 6.07) is 2.41. The first kappa shape index (κ1) is 42.3. The summed E-state index contributed by atoms with van der Waals surface area (Å²) in [6.45, 7) is 2.70. The van der Waals surface area contributed by atoms with Crippen LogP contribution in [0.1, 0.15) is 91.2 Å². The molecule has 1 aliphatic carbocycles. The molecule has 1 atom stereocenters. The maximum Gasteiger partial charge on any atom is 0.417 e. The number of carbonyl (C=O) groups is 1. The Bertz CT molecular complexity index is 1570. The molecule has 5 nitrogen and oxygen atoms in total. The van der Waals surface area contributed by atoms with Crippen molar-refractivity contribution in [3.05, 3.63) is 69.8 Å². The van der Waals surface area contributed by atoms with Gasteiger partial charge in [0.2, 0.25) is 0 Å². The molecule has 2 N–H and O–H groups in total. The minimum absolute atomic E-state index is 0.0790. The van der Waals surface area contributed by atoms with Gasteiger partial charge in [-0.3, -0.25) is 9.69 Å². The number of hydrogen-bond acceptors (Lipinski definition) is 5. The molecule has 2 aliphatic rings. The molecule has 53 heavy (non-hydrogen) atoms. The fraction of sp³-hybridized carbons (Fsp3) is 0.583. The second kappa shape index (κ2) is 16.5. The number of hydrogen-bond donors (Lipinski definition) is 2. The number of ketones is 1. The Morgan fingerprint density at radius 1 is 0.698 bits per heavy atom. The molecule has 2 fully saturated rings. The summed E-state index contributed by atoms with van der Waals surface area (Å²) < 4.78 is 164. The largest absolute Gasteiger partial charge is 0.417 e.